The van der Waals surface area contributed by atoms with E-state index in [1.54, 1.807) is 14.0 Å². The van der Waals surface area contributed by atoms with Crippen LogP contribution in [0.2, 0.25) is 0 Å². The maximum Gasteiger partial charge on any atom is 0.341 e. The van der Waals surface area contributed by atoms with E-state index in [0.29, 0.717) is 24.7 Å². The van der Waals surface area contributed by atoms with Crippen molar-refractivity contribution in [3.05, 3.63) is 41.6 Å². The van der Waals surface area contributed by atoms with Crippen LogP contribution in [0.1, 0.15) is 16.1 Å². The van der Waals surface area contributed by atoms with Crippen LogP contribution in [0.3, 0.4) is 0 Å². The van der Waals surface area contributed by atoms with Crippen molar-refractivity contribution in [2.24, 2.45) is 7.05 Å². The lowest BCUT2D eigenvalue weighted by Gasteiger charge is -2.09. The number of carbonyl (C=O) groups is 1. The average Bonchev–Trinajstić information content (AvgIpc) is 2.70. The molecule has 6 heteroatoms. The van der Waals surface area contributed by atoms with E-state index in [2.05, 4.69) is 10.4 Å². The molecule has 0 bridgehead atoms. The zero-order valence-electron chi connectivity index (χ0n) is 11.5. The first-order chi connectivity index (χ1) is 9.59. The summed E-state index contributed by atoms with van der Waals surface area (Å²) in [7, 11) is 1.71. The number of aromatic carboxylic acids is 1. The molecule has 106 valence electrons. The highest BCUT2D eigenvalue weighted by Crippen LogP contribution is 2.18. The van der Waals surface area contributed by atoms with Gasteiger partial charge in [-0.3, -0.25) is 4.68 Å². The van der Waals surface area contributed by atoms with Gasteiger partial charge in [0.05, 0.1) is 12.2 Å². The van der Waals surface area contributed by atoms with Crippen LogP contribution >= 0.6 is 0 Å². The van der Waals surface area contributed by atoms with Gasteiger partial charge in [-0.2, -0.15) is 5.10 Å². The Morgan fingerprint density at radius 3 is 2.75 bits per heavy atom. The second-order valence-electron chi connectivity index (χ2n) is 4.33. The smallest absolute Gasteiger partial charge is 0.341 e. The van der Waals surface area contributed by atoms with Gasteiger partial charge < -0.3 is 15.2 Å². The maximum atomic E-state index is 11.2. The predicted octanol–water partition coefficient (Wildman–Crippen LogP) is 1.92. The largest absolute Gasteiger partial charge is 0.492 e. The van der Waals surface area contributed by atoms with E-state index in [4.69, 9.17) is 9.84 Å². The van der Waals surface area contributed by atoms with Gasteiger partial charge in [-0.15, -0.1) is 0 Å². The Hall–Kier alpha value is -2.50. The van der Waals surface area contributed by atoms with E-state index in [-0.39, 0.29) is 5.56 Å². The standard InChI is InChI=1S/C14H17N3O3/c1-10-12(14(18)19)13(17(2)16-10)15-8-9-20-11-6-4-3-5-7-11/h3-7,15H,8-9H2,1-2H3,(H,18,19). The number of aryl methyl sites for hydroxylation is 2. The molecule has 2 aromatic rings. The molecule has 0 amide bonds. The molecule has 6 nitrogen and oxygen atoms in total. The summed E-state index contributed by atoms with van der Waals surface area (Å²) in [5, 5.41) is 16.3. The molecule has 0 spiro atoms. The highest BCUT2D eigenvalue weighted by Gasteiger charge is 2.18. The quantitative estimate of drug-likeness (QED) is 0.788. The number of nitrogens with one attached hydrogen (secondary N) is 1. The van der Waals surface area contributed by atoms with Crippen molar-refractivity contribution < 1.29 is 14.6 Å². The van der Waals surface area contributed by atoms with E-state index in [0.717, 1.165) is 5.75 Å². The van der Waals surface area contributed by atoms with Gasteiger partial charge in [0.2, 0.25) is 0 Å². The molecule has 0 aliphatic rings. The van der Waals surface area contributed by atoms with Crippen LogP contribution < -0.4 is 10.1 Å². The molecule has 0 atom stereocenters. The minimum Gasteiger partial charge on any atom is -0.492 e. The van der Waals surface area contributed by atoms with Crippen LogP contribution in [-0.2, 0) is 7.05 Å². The molecule has 0 unspecified atom stereocenters. The first kappa shape index (κ1) is 13.9. The van der Waals surface area contributed by atoms with Gasteiger partial charge in [0.25, 0.3) is 0 Å². The number of benzene rings is 1. The Kier molecular flexibility index (Phi) is 4.24. The van der Waals surface area contributed by atoms with Gasteiger partial charge in [-0.1, -0.05) is 18.2 Å². The van der Waals surface area contributed by atoms with E-state index in [9.17, 15) is 4.79 Å². The highest BCUT2D eigenvalue weighted by atomic mass is 16.5. The molecule has 0 aliphatic heterocycles. The molecule has 0 saturated carbocycles. The topological polar surface area (TPSA) is 76.4 Å². The SMILES string of the molecule is Cc1nn(C)c(NCCOc2ccccc2)c1C(=O)O. The molecule has 1 aromatic heterocycles. The number of ether oxygens (including phenoxy) is 1. The lowest BCUT2D eigenvalue weighted by Crippen LogP contribution is -2.15. The number of anilines is 1. The Balaban J connectivity index is 1.93. The number of hydrogen-bond donors (Lipinski definition) is 2. The van der Waals surface area contributed by atoms with E-state index in [1.165, 1.54) is 4.68 Å². The van der Waals surface area contributed by atoms with Crippen LogP contribution in [0, 0.1) is 6.92 Å². The average molecular weight is 275 g/mol. The van der Waals surface area contributed by atoms with Crippen molar-refractivity contribution in [1.29, 1.82) is 0 Å². The summed E-state index contributed by atoms with van der Waals surface area (Å²) < 4.78 is 7.06. The summed E-state index contributed by atoms with van der Waals surface area (Å²) in [5.74, 6) is 0.294. The maximum absolute atomic E-state index is 11.2. The third kappa shape index (κ3) is 3.09. The monoisotopic (exact) mass is 275 g/mol. The van der Waals surface area contributed by atoms with Crippen molar-refractivity contribution in [2.75, 3.05) is 18.5 Å². The van der Waals surface area contributed by atoms with Crippen molar-refractivity contribution in [3.8, 4) is 5.75 Å². The number of rotatable bonds is 6. The summed E-state index contributed by atoms with van der Waals surface area (Å²) in [5.41, 5.74) is 0.693. The molecule has 0 fully saturated rings. The van der Waals surface area contributed by atoms with Crippen LogP contribution in [-0.4, -0.2) is 34.0 Å². The number of hydrogen-bond acceptors (Lipinski definition) is 4. The Labute approximate surface area is 117 Å². The Bertz CT molecular complexity index is 593. The lowest BCUT2D eigenvalue weighted by molar-refractivity contribution is 0.0697. The van der Waals surface area contributed by atoms with Gasteiger partial charge in [0, 0.05) is 7.05 Å². The fourth-order valence-electron chi connectivity index (χ4n) is 1.97. The van der Waals surface area contributed by atoms with Crippen molar-refractivity contribution in [1.82, 2.24) is 9.78 Å². The zero-order valence-corrected chi connectivity index (χ0v) is 11.5. The van der Waals surface area contributed by atoms with Crippen LogP contribution in [0.15, 0.2) is 30.3 Å². The Morgan fingerprint density at radius 1 is 1.40 bits per heavy atom. The fourth-order valence-corrected chi connectivity index (χ4v) is 1.97. The highest BCUT2D eigenvalue weighted by molar-refractivity contribution is 5.94. The number of nitrogens with zero attached hydrogens (tertiary/aromatic N) is 2. The number of carboxylic acids is 1. The lowest BCUT2D eigenvalue weighted by atomic mass is 10.2. The normalized spacial score (nSPS) is 10.3. The minimum absolute atomic E-state index is 0.201. The van der Waals surface area contributed by atoms with E-state index >= 15 is 0 Å². The number of aromatic nitrogens is 2. The number of carboxylic acid groups (broad SMARTS) is 1. The number of para-hydroxylation sites is 1. The predicted molar refractivity (Wildman–Crippen MR) is 75.3 cm³/mol. The van der Waals surface area contributed by atoms with Crippen LogP contribution in [0.5, 0.6) is 5.75 Å². The van der Waals surface area contributed by atoms with Gasteiger partial charge >= 0.3 is 5.97 Å². The third-order valence-electron chi connectivity index (χ3n) is 2.84. The first-order valence-corrected chi connectivity index (χ1v) is 6.28. The second kappa shape index (κ2) is 6.10. The molecule has 0 aliphatic carbocycles. The summed E-state index contributed by atoms with van der Waals surface area (Å²) in [4.78, 5) is 11.2. The van der Waals surface area contributed by atoms with E-state index in [1.807, 2.05) is 30.3 Å². The summed E-state index contributed by atoms with van der Waals surface area (Å²) in [6, 6.07) is 9.46. The molecule has 20 heavy (non-hydrogen) atoms. The van der Waals surface area contributed by atoms with Gasteiger partial charge in [-0.05, 0) is 19.1 Å². The summed E-state index contributed by atoms with van der Waals surface area (Å²) in [6.07, 6.45) is 0. The second-order valence-corrected chi connectivity index (χ2v) is 4.33. The fraction of sp³-hybridized carbons (Fsp3) is 0.286. The molecule has 1 heterocycles. The minimum atomic E-state index is -0.984. The molecule has 1 aromatic carbocycles. The summed E-state index contributed by atoms with van der Waals surface area (Å²) in [6.45, 7) is 2.61. The van der Waals surface area contributed by atoms with Gasteiger partial charge in [0.15, 0.2) is 0 Å². The third-order valence-corrected chi connectivity index (χ3v) is 2.84. The van der Waals surface area contributed by atoms with Gasteiger partial charge in [0.1, 0.15) is 23.7 Å². The molecule has 0 radical (unpaired) electrons. The van der Waals surface area contributed by atoms with Crippen LogP contribution in [0.25, 0.3) is 0 Å². The molecule has 2 N–H and O–H groups in total. The van der Waals surface area contributed by atoms with Crippen LogP contribution in [0.4, 0.5) is 5.82 Å². The van der Waals surface area contributed by atoms with Crippen molar-refractivity contribution in [3.63, 3.8) is 0 Å². The zero-order chi connectivity index (χ0) is 14.5. The van der Waals surface area contributed by atoms with E-state index < -0.39 is 5.97 Å². The van der Waals surface area contributed by atoms with Crippen molar-refractivity contribution in [2.45, 2.75) is 6.92 Å². The molecule has 2 rings (SSSR count). The first-order valence-electron chi connectivity index (χ1n) is 6.28. The summed E-state index contributed by atoms with van der Waals surface area (Å²) >= 11 is 0. The molecular formula is C14H17N3O3. The molecule has 0 saturated heterocycles. The Morgan fingerprint density at radius 2 is 2.10 bits per heavy atom. The molecular weight excluding hydrogens is 258 g/mol. The van der Waals surface area contributed by atoms with Gasteiger partial charge in [-0.25, -0.2) is 4.79 Å². The van der Waals surface area contributed by atoms with Crippen molar-refractivity contribution >= 4 is 11.8 Å².